The van der Waals surface area contributed by atoms with Gasteiger partial charge in [0, 0.05) is 6.42 Å². The van der Waals surface area contributed by atoms with Crippen molar-refractivity contribution in [2.24, 2.45) is 0 Å². The molecule has 274 valence electrons. The Morgan fingerprint density at radius 2 is 1.09 bits per heavy atom. The summed E-state index contributed by atoms with van der Waals surface area (Å²) in [6, 6.07) is 0. The van der Waals surface area contributed by atoms with Gasteiger partial charge >= 0.3 is 13.8 Å². The number of hydrogen-bond acceptors (Lipinski definition) is 8. The van der Waals surface area contributed by atoms with Gasteiger partial charge in [-0.3, -0.25) is 13.8 Å². The van der Waals surface area contributed by atoms with Crippen LogP contribution >= 0.6 is 7.82 Å². The van der Waals surface area contributed by atoms with Crippen molar-refractivity contribution in [2.45, 2.75) is 187 Å². The number of carbonyl (C=O) groups is 1. The number of phosphoric acid groups is 1. The highest BCUT2D eigenvalue weighted by Crippen LogP contribution is 2.43. The van der Waals surface area contributed by atoms with Crippen LogP contribution in [0.4, 0.5) is 0 Å². The van der Waals surface area contributed by atoms with Crippen LogP contribution in [0.15, 0.2) is 12.3 Å². The highest BCUT2D eigenvalue weighted by Gasteiger charge is 2.26. The molecular weight excluding hydrogens is 607 g/mol. The lowest BCUT2D eigenvalue weighted by Crippen LogP contribution is -2.28. The standard InChI is InChI=1S/C36H71O9P/c1-3-5-7-9-11-13-15-16-17-19-21-23-25-27-29-42-32-35(33-44-46(40,41)43-31-34(38)30-37)45-36(39)28-26-24-22-20-18-14-12-10-8-6-4-2/h27,29,34-35,37-38H,3-26,28,30-33H2,1-2H3,(H,40,41)/b29-27-/t34-,35+/m0/s1. The number of esters is 1. The summed E-state index contributed by atoms with van der Waals surface area (Å²) in [5.41, 5.74) is 0. The molecule has 0 aliphatic heterocycles. The minimum atomic E-state index is -4.52. The fraction of sp³-hybridized carbons (Fsp3) is 0.917. The topological polar surface area (TPSA) is 132 Å². The second-order valence-corrected chi connectivity index (χ2v) is 14.1. The minimum Gasteiger partial charge on any atom is -0.498 e. The van der Waals surface area contributed by atoms with Crippen LogP contribution in [0.1, 0.15) is 174 Å². The minimum absolute atomic E-state index is 0.0296. The quantitative estimate of drug-likeness (QED) is 0.0256. The number of carbonyl (C=O) groups excluding carboxylic acids is 1. The van der Waals surface area contributed by atoms with Crippen LogP contribution in [-0.4, -0.2) is 59.7 Å². The fourth-order valence-electron chi connectivity index (χ4n) is 5.14. The predicted octanol–water partition coefficient (Wildman–Crippen LogP) is 9.71. The molecule has 0 aliphatic rings. The molecule has 3 atom stereocenters. The summed E-state index contributed by atoms with van der Waals surface area (Å²) in [7, 11) is -4.52. The van der Waals surface area contributed by atoms with E-state index in [4.69, 9.17) is 23.6 Å². The third kappa shape index (κ3) is 33.0. The first-order valence-corrected chi connectivity index (χ1v) is 20.2. The Morgan fingerprint density at radius 3 is 1.57 bits per heavy atom. The summed E-state index contributed by atoms with van der Waals surface area (Å²) in [6.45, 7) is 2.87. The number of rotatable bonds is 36. The summed E-state index contributed by atoms with van der Waals surface area (Å²) in [5.74, 6) is -0.405. The monoisotopic (exact) mass is 678 g/mol. The summed E-state index contributed by atoms with van der Waals surface area (Å²) in [5, 5.41) is 18.2. The van der Waals surface area contributed by atoms with Crippen LogP contribution in [0.5, 0.6) is 0 Å². The molecule has 0 fully saturated rings. The van der Waals surface area contributed by atoms with E-state index in [1.165, 1.54) is 122 Å². The van der Waals surface area contributed by atoms with E-state index in [-0.39, 0.29) is 13.0 Å². The summed E-state index contributed by atoms with van der Waals surface area (Å²) >= 11 is 0. The lowest BCUT2D eigenvalue weighted by atomic mass is 10.0. The van der Waals surface area contributed by atoms with Crippen molar-refractivity contribution < 1.29 is 43.0 Å². The summed E-state index contributed by atoms with van der Waals surface area (Å²) in [6.07, 6.45) is 31.1. The van der Waals surface area contributed by atoms with Crippen molar-refractivity contribution in [3.05, 3.63) is 12.3 Å². The van der Waals surface area contributed by atoms with Crippen molar-refractivity contribution in [3.8, 4) is 0 Å². The maximum absolute atomic E-state index is 12.5. The molecule has 1 unspecified atom stereocenters. The summed E-state index contributed by atoms with van der Waals surface area (Å²) in [4.78, 5) is 22.4. The van der Waals surface area contributed by atoms with Gasteiger partial charge in [0.25, 0.3) is 0 Å². The zero-order valence-electron chi connectivity index (χ0n) is 29.6. The number of unbranched alkanes of at least 4 members (excludes halogenated alkanes) is 22. The van der Waals surface area contributed by atoms with Gasteiger partial charge in [-0.25, -0.2) is 4.57 Å². The molecular formula is C36H71O9P. The highest BCUT2D eigenvalue weighted by molar-refractivity contribution is 7.47. The van der Waals surface area contributed by atoms with Crippen molar-refractivity contribution in [2.75, 3.05) is 26.4 Å². The van der Waals surface area contributed by atoms with Crippen LogP contribution in [0.25, 0.3) is 0 Å². The van der Waals surface area contributed by atoms with E-state index < -0.39 is 45.8 Å². The SMILES string of the molecule is CCCCCCCCCCCCCC/C=C\OC[C@H](COP(=O)(O)OC[C@@H](O)CO)OC(=O)CCCCCCCCCCCCC. The van der Waals surface area contributed by atoms with E-state index in [0.717, 1.165) is 32.1 Å². The molecule has 0 saturated heterocycles. The van der Waals surface area contributed by atoms with E-state index in [1.807, 2.05) is 6.08 Å². The molecule has 0 radical (unpaired) electrons. The van der Waals surface area contributed by atoms with Crippen molar-refractivity contribution >= 4 is 13.8 Å². The van der Waals surface area contributed by atoms with Crippen LogP contribution in [-0.2, 0) is 27.9 Å². The third-order valence-corrected chi connectivity index (χ3v) is 9.00. The Labute approximate surface area is 281 Å². The Kier molecular flexibility index (Phi) is 33.2. The average molecular weight is 679 g/mol. The molecule has 0 heterocycles. The second-order valence-electron chi connectivity index (χ2n) is 12.7. The molecule has 0 saturated carbocycles. The van der Waals surface area contributed by atoms with Gasteiger partial charge in [-0.2, -0.15) is 0 Å². The van der Waals surface area contributed by atoms with Gasteiger partial charge in [-0.15, -0.1) is 0 Å². The molecule has 0 bridgehead atoms. The molecule has 0 aromatic carbocycles. The first-order valence-electron chi connectivity index (χ1n) is 18.7. The first kappa shape index (κ1) is 45.0. The maximum Gasteiger partial charge on any atom is 0.472 e. The van der Waals surface area contributed by atoms with Gasteiger partial charge in [0.1, 0.15) is 12.7 Å². The zero-order valence-corrected chi connectivity index (χ0v) is 30.4. The van der Waals surface area contributed by atoms with Crippen LogP contribution in [0.3, 0.4) is 0 Å². The Morgan fingerprint density at radius 1 is 0.652 bits per heavy atom. The average Bonchev–Trinajstić information content (AvgIpc) is 3.04. The van der Waals surface area contributed by atoms with E-state index in [2.05, 4.69) is 13.8 Å². The Balaban J connectivity index is 4.28. The first-order chi connectivity index (χ1) is 22.3. The molecule has 0 amide bonds. The van der Waals surface area contributed by atoms with Gasteiger partial charge in [0.15, 0.2) is 6.10 Å². The third-order valence-electron chi connectivity index (χ3n) is 8.05. The summed E-state index contributed by atoms with van der Waals surface area (Å²) < 4.78 is 32.9. The van der Waals surface area contributed by atoms with Crippen molar-refractivity contribution in [1.82, 2.24) is 0 Å². The molecule has 0 aromatic rings. The number of allylic oxidation sites excluding steroid dienone is 1. The van der Waals surface area contributed by atoms with E-state index in [0.29, 0.717) is 0 Å². The number of aliphatic hydroxyl groups is 2. The van der Waals surface area contributed by atoms with Crippen LogP contribution < -0.4 is 0 Å². The van der Waals surface area contributed by atoms with Gasteiger partial charge in [-0.1, -0.05) is 149 Å². The lowest BCUT2D eigenvalue weighted by molar-refractivity contribution is -0.153. The largest absolute Gasteiger partial charge is 0.498 e. The Bertz CT molecular complexity index is 734. The molecule has 3 N–H and O–H groups in total. The Hall–Kier alpha value is -0.960. The van der Waals surface area contributed by atoms with E-state index in [9.17, 15) is 19.4 Å². The predicted molar refractivity (Wildman–Crippen MR) is 187 cm³/mol. The highest BCUT2D eigenvalue weighted by atomic mass is 31.2. The number of hydrogen-bond donors (Lipinski definition) is 3. The molecule has 0 aromatic heterocycles. The fourth-order valence-corrected chi connectivity index (χ4v) is 5.93. The van der Waals surface area contributed by atoms with Gasteiger partial charge in [0.05, 0.1) is 26.1 Å². The van der Waals surface area contributed by atoms with Gasteiger partial charge < -0.3 is 24.6 Å². The molecule has 9 nitrogen and oxygen atoms in total. The van der Waals surface area contributed by atoms with Gasteiger partial charge in [-0.05, 0) is 25.3 Å². The number of phosphoric ester groups is 1. The van der Waals surface area contributed by atoms with E-state index in [1.54, 1.807) is 6.26 Å². The molecule has 46 heavy (non-hydrogen) atoms. The molecule has 0 aliphatic carbocycles. The number of ether oxygens (including phenoxy) is 2. The lowest BCUT2D eigenvalue weighted by Gasteiger charge is -2.20. The molecule has 0 spiro atoms. The zero-order chi connectivity index (χ0) is 34.0. The maximum atomic E-state index is 12.5. The molecule has 10 heteroatoms. The normalized spacial score (nSPS) is 14.4. The van der Waals surface area contributed by atoms with Gasteiger partial charge in [0.2, 0.25) is 0 Å². The number of aliphatic hydroxyl groups excluding tert-OH is 2. The molecule has 0 rings (SSSR count). The van der Waals surface area contributed by atoms with Crippen LogP contribution in [0, 0.1) is 0 Å². The van der Waals surface area contributed by atoms with E-state index >= 15 is 0 Å². The smallest absolute Gasteiger partial charge is 0.472 e. The van der Waals surface area contributed by atoms with Crippen molar-refractivity contribution in [1.29, 1.82) is 0 Å². The van der Waals surface area contributed by atoms with Crippen molar-refractivity contribution in [3.63, 3.8) is 0 Å². The second kappa shape index (κ2) is 33.9. The van der Waals surface area contributed by atoms with Crippen LogP contribution in [0.2, 0.25) is 0 Å².